The van der Waals surface area contributed by atoms with Crippen LogP contribution in [0.1, 0.15) is 32.2 Å². The van der Waals surface area contributed by atoms with Crippen LogP contribution < -0.4 is 10.6 Å². The number of rotatable bonds is 6. The maximum Gasteiger partial charge on any atom is 0.191 e. The monoisotopic (exact) mass is 314 g/mol. The van der Waals surface area contributed by atoms with E-state index in [0.717, 1.165) is 24.9 Å². The molecule has 6 heteroatoms. The molecular weight excluding hydrogens is 288 g/mol. The Morgan fingerprint density at radius 2 is 1.96 bits per heavy atom. The first-order chi connectivity index (χ1) is 11.0. The largest absolute Gasteiger partial charge is 0.357 e. The molecule has 0 aliphatic heterocycles. The quantitative estimate of drug-likeness (QED) is 0.631. The molecule has 1 heterocycles. The molecule has 0 amide bonds. The fraction of sp³-hybridized carbons (Fsp3) is 0.471. The van der Waals surface area contributed by atoms with Gasteiger partial charge < -0.3 is 10.6 Å². The third kappa shape index (κ3) is 4.81. The zero-order chi connectivity index (χ0) is 16.7. The van der Waals surface area contributed by atoms with Gasteiger partial charge >= 0.3 is 0 Å². The van der Waals surface area contributed by atoms with Crippen molar-refractivity contribution in [3.63, 3.8) is 0 Å². The van der Waals surface area contributed by atoms with Crippen LogP contribution in [0.15, 0.2) is 41.7 Å². The Balaban J connectivity index is 2.00. The van der Waals surface area contributed by atoms with E-state index >= 15 is 0 Å². The molecule has 124 valence electrons. The van der Waals surface area contributed by atoms with Gasteiger partial charge in [-0.2, -0.15) is 5.10 Å². The Labute approximate surface area is 138 Å². The summed E-state index contributed by atoms with van der Waals surface area (Å²) in [5.74, 6) is 1.63. The smallest absolute Gasteiger partial charge is 0.191 e. The molecule has 1 aromatic carbocycles. The average molecular weight is 314 g/mol. The van der Waals surface area contributed by atoms with E-state index in [2.05, 4.69) is 70.7 Å². The van der Waals surface area contributed by atoms with Gasteiger partial charge in [-0.3, -0.25) is 4.68 Å². The van der Waals surface area contributed by atoms with Gasteiger partial charge in [0.05, 0.1) is 0 Å². The van der Waals surface area contributed by atoms with E-state index in [-0.39, 0.29) is 5.41 Å². The summed E-state index contributed by atoms with van der Waals surface area (Å²) in [7, 11) is 1.87. The van der Waals surface area contributed by atoms with Crippen molar-refractivity contribution in [1.82, 2.24) is 25.4 Å². The summed E-state index contributed by atoms with van der Waals surface area (Å²) in [5.41, 5.74) is 1.32. The lowest BCUT2D eigenvalue weighted by molar-refractivity contribution is 0.508. The lowest BCUT2D eigenvalue weighted by Gasteiger charge is -2.26. The van der Waals surface area contributed by atoms with Crippen LogP contribution in [-0.2, 0) is 19.0 Å². The Morgan fingerprint density at radius 1 is 1.22 bits per heavy atom. The highest BCUT2D eigenvalue weighted by atomic mass is 15.3. The summed E-state index contributed by atoms with van der Waals surface area (Å²) in [6, 6.07) is 10.5. The SMILES string of the molecule is CCNC(=NCc1ncnn1C)NCC(C)(C)c1ccccc1. The molecule has 0 unspecified atom stereocenters. The number of aromatic nitrogens is 3. The summed E-state index contributed by atoms with van der Waals surface area (Å²) < 4.78 is 1.74. The zero-order valence-electron chi connectivity index (χ0n) is 14.4. The minimum absolute atomic E-state index is 0.0161. The van der Waals surface area contributed by atoms with Crippen molar-refractivity contribution in [3.05, 3.63) is 48.0 Å². The molecule has 0 aliphatic rings. The van der Waals surface area contributed by atoms with Gasteiger partial charge in [0.2, 0.25) is 0 Å². The molecule has 0 fully saturated rings. The van der Waals surface area contributed by atoms with Gasteiger partial charge in [-0.05, 0) is 12.5 Å². The van der Waals surface area contributed by atoms with Crippen molar-refractivity contribution in [1.29, 1.82) is 0 Å². The van der Waals surface area contributed by atoms with E-state index in [4.69, 9.17) is 0 Å². The summed E-state index contributed by atoms with van der Waals surface area (Å²) >= 11 is 0. The van der Waals surface area contributed by atoms with Crippen molar-refractivity contribution >= 4 is 5.96 Å². The normalized spacial score (nSPS) is 12.3. The summed E-state index contributed by atoms with van der Waals surface area (Å²) in [6.07, 6.45) is 1.55. The number of aliphatic imine (C=N–C) groups is 1. The van der Waals surface area contributed by atoms with Gasteiger partial charge in [0.1, 0.15) is 18.7 Å². The highest BCUT2D eigenvalue weighted by Crippen LogP contribution is 2.21. The number of nitrogens with one attached hydrogen (secondary N) is 2. The van der Waals surface area contributed by atoms with Crippen molar-refractivity contribution in [3.8, 4) is 0 Å². The van der Waals surface area contributed by atoms with Crippen LogP contribution in [0, 0.1) is 0 Å². The average Bonchev–Trinajstić information content (AvgIpc) is 2.96. The summed E-state index contributed by atoms with van der Waals surface area (Å²) in [5, 5.41) is 10.8. The molecule has 1 aromatic heterocycles. The predicted octanol–water partition coefficient (Wildman–Crippen LogP) is 1.85. The highest BCUT2D eigenvalue weighted by Gasteiger charge is 2.20. The lowest BCUT2D eigenvalue weighted by atomic mass is 9.85. The molecule has 2 rings (SSSR count). The third-order valence-electron chi connectivity index (χ3n) is 3.78. The Kier molecular flexibility index (Phi) is 5.73. The van der Waals surface area contributed by atoms with Gasteiger partial charge in [-0.25, -0.2) is 9.98 Å². The number of aryl methyl sites for hydroxylation is 1. The van der Waals surface area contributed by atoms with Crippen LogP contribution in [0.5, 0.6) is 0 Å². The fourth-order valence-electron chi connectivity index (χ4n) is 2.25. The molecule has 0 spiro atoms. The van der Waals surface area contributed by atoms with E-state index in [0.29, 0.717) is 6.54 Å². The lowest BCUT2D eigenvalue weighted by Crippen LogP contribution is -2.43. The second-order valence-electron chi connectivity index (χ2n) is 6.10. The van der Waals surface area contributed by atoms with E-state index in [9.17, 15) is 0 Å². The minimum atomic E-state index is 0.0161. The Bertz CT molecular complexity index is 630. The van der Waals surface area contributed by atoms with E-state index in [1.54, 1.807) is 11.0 Å². The number of nitrogens with zero attached hydrogens (tertiary/aromatic N) is 4. The Morgan fingerprint density at radius 3 is 2.57 bits per heavy atom. The van der Waals surface area contributed by atoms with Gasteiger partial charge in [0.15, 0.2) is 5.96 Å². The van der Waals surface area contributed by atoms with Crippen LogP contribution in [0.2, 0.25) is 0 Å². The maximum atomic E-state index is 4.58. The predicted molar refractivity (Wildman–Crippen MR) is 93.3 cm³/mol. The first kappa shape index (κ1) is 17.0. The minimum Gasteiger partial charge on any atom is -0.357 e. The van der Waals surface area contributed by atoms with Gasteiger partial charge in [-0.15, -0.1) is 0 Å². The fourth-order valence-corrected chi connectivity index (χ4v) is 2.25. The first-order valence-corrected chi connectivity index (χ1v) is 7.93. The Hall–Kier alpha value is -2.37. The highest BCUT2D eigenvalue weighted by molar-refractivity contribution is 5.79. The van der Waals surface area contributed by atoms with Crippen molar-refractivity contribution in [2.45, 2.75) is 32.7 Å². The molecule has 0 radical (unpaired) electrons. The number of hydrogen-bond donors (Lipinski definition) is 2. The molecule has 0 atom stereocenters. The molecule has 23 heavy (non-hydrogen) atoms. The third-order valence-corrected chi connectivity index (χ3v) is 3.78. The molecule has 0 aliphatic carbocycles. The molecule has 2 N–H and O–H groups in total. The molecule has 0 bridgehead atoms. The van der Waals surface area contributed by atoms with Crippen LogP contribution in [0.4, 0.5) is 0 Å². The van der Waals surface area contributed by atoms with Crippen LogP contribution in [-0.4, -0.2) is 33.8 Å². The molecule has 6 nitrogen and oxygen atoms in total. The molecule has 0 saturated heterocycles. The standard InChI is InChI=1S/C17H26N6/c1-5-18-16(19-11-15-21-13-22-23(15)4)20-12-17(2,3)14-9-7-6-8-10-14/h6-10,13H,5,11-12H2,1-4H3,(H2,18,19,20). The van der Waals surface area contributed by atoms with Gasteiger partial charge in [0.25, 0.3) is 0 Å². The number of benzene rings is 1. The number of hydrogen-bond acceptors (Lipinski definition) is 3. The van der Waals surface area contributed by atoms with Crippen molar-refractivity contribution in [2.75, 3.05) is 13.1 Å². The van der Waals surface area contributed by atoms with Crippen LogP contribution >= 0.6 is 0 Å². The summed E-state index contributed by atoms with van der Waals surface area (Å²) in [6.45, 7) is 8.61. The first-order valence-electron chi connectivity index (χ1n) is 7.93. The molecule has 2 aromatic rings. The number of guanidine groups is 1. The van der Waals surface area contributed by atoms with E-state index < -0.39 is 0 Å². The zero-order valence-corrected chi connectivity index (χ0v) is 14.4. The van der Waals surface area contributed by atoms with Crippen LogP contribution in [0.3, 0.4) is 0 Å². The second-order valence-corrected chi connectivity index (χ2v) is 6.10. The summed E-state index contributed by atoms with van der Waals surface area (Å²) in [4.78, 5) is 8.78. The van der Waals surface area contributed by atoms with E-state index in [1.165, 1.54) is 5.56 Å². The molecule has 0 saturated carbocycles. The molecular formula is C17H26N6. The van der Waals surface area contributed by atoms with Crippen molar-refractivity contribution in [2.24, 2.45) is 12.0 Å². The topological polar surface area (TPSA) is 67.1 Å². The van der Waals surface area contributed by atoms with Crippen LogP contribution in [0.25, 0.3) is 0 Å². The van der Waals surface area contributed by atoms with Gasteiger partial charge in [-0.1, -0.05) is 44.2 Å². The van der Waals surface area contributed by atoms with Gasteiger partial charge in [0, 0.05) is 25.6 Å². The van der Waals surface area contributed by atoms with Crippen molar-refractivity contribution < 1.29 is 0 Å². The maximum absolute atomic E-state index is 4.58. The van der Waals surface area contributed by atoms with E-state index in [1.807, 2.05) is 13.1 Å². The second kappa shape index (κ2) is 7.76.